The highest BCUT2D eigenvalue weighted by atomic mass is 32.1. The van der Waals surface area contributed by atoms with Crippen LogP contribution in [0, 0.1) is 13.8 Å². The van der Waals surface area contributed by atoms with Crippen molar-refractivity contribution in [3.8, 4) is 0 Å². The van der Waals surface area contributed by atoms with Crippen molar-refractivity contribution in [3.63, 3.8) is 0 Å². The molecule has 0 saturated carbocycles. The first kappa shape index (κ1) is 15.5. The first-order valence-corrected chi connectivity index (χ1v) is 6.69. The van der Waals surface area contributed by atoms with E-state index in [0.717, 1.165) is 4.88 Å². The number of hydrogen-bond acceptors (Lipinski definition) is 4. The SMILES string of the molecule is Cc1cc(CNC(=O)N[C@@H](CCO)C(=O)O)sc1C. The number of aryl methyl sites for hydroxylation is 2. The maximum absolute atomic E-state index is 11.5. The number of aliphatic carboxylic acids is 1. The third-order valence-corrected chi connectivity index (χ3v) is 3.81. The van der Waals surface area contributed by atoms with Gasteiger partial charge in [0, 0.05) is 22.8 Å². The number of amides is 2. The predicted molar refractivity (Wildman–Crippen MR) is 72.3 cm³/mol. The average molecular weight is 286 g/mol. The van der Waals surface area contributed by atoms with Gasteiger partial charge in [0.1, 0.15) is 6.04 Å². The van der Waals surface area contributed by atoms with E-state index in [9.17, 15) is 9.59 Å². The molecular weight excluding hydrogens is 268 g/mol. The summed E-state index contributed by atoms with van der Waals surface area (Å²) < 4.78 is 0. The molecule has 0 aliphatic heterocycles. The van der Waals surface area contributed by atoms with Gasteiger partial charge in [0.05, 0.1) is 6.54 Å². The van der Waals surface area contributed by atoms with Gasteiger partial charge in [0.2, 0.25) is 0 Å². The van der Waals surface area contributed by atoms with Crippen LogP contribution in [0.1, 0.15) is 21.7 Å². The van der Waals surface area contributed by atoms with Gasteiger partial charge >= 0.3 is 12.0 Å². The average Bonchev–Trinajstić information content (AvgIpc) is 2.65. The zero-order chi connectivity index (χ0) is 14.4. The Hall–Kier alpha value is -1.60. The van der Waals surface area contributed by atoms with Crippen molar-refractivity contribution in [2.75, 3.05) is 6.61 Å². The summed E-state index contributed by atoms with van der Waals surface area (Å²) in [4.78, 5) is 24.5. The molecule has 0 aromatic carbocycles. The third-order valence-electron chi connectivity index (χ3n) is 2.66. The summed E-state index contributed by atoms with van der Waals surface area (Å²) in [6.07, 6.45) is -0.0139. The molecule has 1 atom stereocenters. The predicted octanol–water partition coefficient (Wildman–Crippen LogP) is 1.000. The monoisotopic (exact) mass is 286 g/mol. The van der Waals surface area contributed by atoms with Crippen molar-refractivity contribution >= 4 is 23.3 Å². The van der Waals surface area contributed by atoms with E-state index in [2.05, 4.69) is 10.6 Å². The fraction of sp³-hybridized carbons (Fsp3) is 0.500. The Morgan fingerprint density at radius 1 is 1.42 bits per heavy atom. The van der Waals surface area contributed by atoms with E-state index in [1.54, 1.807) is 11.3 Å². The number of urea groups is 1. The largest absolute Gasteiger partial charge is 0.480 e. The van der Waals surface area contributed by atoms with Gasteiger partial charge in [-0.05, 0) is 25.5 Å². The Kier molecular flexibility index (Phi) is 5.78. The van der Waals surface area contributed by atoms with Crippen LogP contribution in [0.4, 0.5) is 4.79 Å². The van der Waals surface area contributed by atoms with Gasteiger partial charge in [-0.3, -0.25) is 0 Å². The number of carboxylic acid groups (broad SMARTS) is 1. The van der Waals surface area contributed by atoms with Crippen LogP contribution in [-0.4, -0.2) is 34.9 Å². The van der Waals surface area contributed by atoms with Gasteiger partial charge in [-0.1, -0.05) is 0 Å². The van der Waals surface area contributed by atoms with Crippen LogP contribution in [0.2, 0.25) is 0 Å². The van der Waals surface area contributed by atoms with E-state index in [4.69, 9.17) is 10.2 Å². The van der Waals surface area contributed by atoms with E-state index in [0.29, 0.717) is 6.54 Å². The van der Waals surface area contributed by atoms with Gasteiger partial charge in [-0.15, -0.1) is 11.3 Å². The number of aliphatic hydroxyl groups excluding tert-OH is 1. The maximum Gasteiger partial charge on any atom is 0.326 e. The number of hydrogen-bond donors (Lipinski definition) is 4. The minimum Gasteiger partial charge on any atom is -0.480 e. The van der Waals surface area contributed by atoms with Crippen molar-refractivity contribution in [2.45, 2.75) is 32.9 Å². The molecule has 4 N–H and O–H groups in total. The molecule has 2 amide bonds. The Bertz CT molecular complexity index is 439. The van der Waals surface area contributed by atoms with Crippen molar-refractivity contribution in [2.24, 2.45) is 0 Å². The lowest BCUT2D eigenvalue weighted by Gasteiger charge is -2.13. The molecular formula is C12H18N2O4S. The lowest BCUT2D eigenvalue weighted by Crippen LogP contribution is -2.46. The molecule has 1 heterocycles. The summed E-state index contributed by atoms with van der Waals surface area (Å²) in [6, 6.07) is 0.365. The first-order valence-electron chi connectivity index (χ1n) is 5.88. The molecule has 1 aromatic rings. The lowest BCUT2D eigenvalue weighted by atomic mass is 10.2. The lowest BCUT2D eigenvalue weighted by molar-refractivity contribution is -0.139. The summed E-state index contributed by atoms with van der Waals surface area (Å²) in [7, 11) is 0. The molecule has 106 valence electrons. The first-order chi connectivity index (χ1) is 8.93. The zero-order valence-electron chi connectivity index (χ0n) is 10.9. The van der Waals surface area contributed by atoms with Gasteiger partial charge in [-0.25, -0.2) is 9.59 Å². The van der Waals surface area contributed by atoms with Gasteiger partial charge in [0.15, 0.2) is 0 Å². The summed E-state index contributed by atoms with van der Waals surface area (Å²) in [5.41, 5.74) is 1.17. The summed E-state index contributed by atoms with van der Waals surface area (Å²) in [6.45, 7) is 4.07. The van der Waals surface area contributed by atoms with E-state index >= 15 is 0 Å². The molecule has 0 aliphatic rings. The highest BCUT2D eigenvalue weighted by molar-refractivity contribution is 7.12. The minimum atomic E-state index is -1.16. The third kappa shape index (κ3) is 4.88. The number of nitrogens with one attached hydrogen (secondary N) is 2. The van der Waals surface area contributed by atoms with Crippen LogP contribution in [0.15, 0.2) is 6.07 Å². The summed E-state index contributed by atoms with van der Waals surface area (Å²) in [5.74, 6) is -1.16. The molecule has 0 spiro atoms. The van der Waals surface area contributed by atoms with Crippen LogP contribution in [0.25, 0.3) is 0 Å². The molecule has 1 aromatic heterocycles. The zero-order valence-corrected chi connectivity index (χ0v) is 11.7. The smallest absolute Gasteiger partial charge is 0.326 e. The van der Waals surface area contributed by atoms with E-state index in [1.165, 1.54) is 10.4 Å². The van der Waals surface area contributed by atoms with Crippen LogP contribution in [0.5, 0.6) is 0 Å². The highest BCUT2D eigenvalue weighted by Gasteiger charge is 2.18. The number of aliphatic hydroxyl groups is 1. The fourth-order valence-corrected chi connectivity index (χ4v) is 2.49. The maximum atomic E-state index is 11.5. The van der Waals surface area contributed by atoms with Crippen molar-refractivity contribution in [1.82, 2.24) is 10.6 Å². The van der Waals surface area contributed by atoms with Crippen LogP contribution >= 0.6 is 11.3 Å². The molecule has 0 bridgehead atoms. The fourth-order valence-electron chi connectivity index (χ4n) is 1.50. The van der Waals surface area contributed by atoms with E-state index < -0.39 is 18.0 Å². The number of carboxylic acids is 1. The molecule has 6 nitrogen and oxygen atoms in total. The number of rotatable bonds is 6. The Labute approximate surface area is 115 Å². The Balaban J connectivity index is 2.44. The topological polar surface area (TPSA) is 98.7 Å². The second-order valence-corrected chi connectivity index (χ2v) is 5.52. The summed E-state index contributed by atoms with van der Waals surface area (Å²) in [5, 5.41) is 22.4. The van der Waals surface area contributed by atoms with Crippen molar-refractivity contribution in [1.29, 1.82) is 0 Å². The molecule has 7 heteroatoms. The van der Waals surface area contributed by atoms with Gasteiger partial charge in [0.25, 0.3) is 0 Å². The molecule has 19 heavy (non-hydrogen) atoms. The highest BCUT2D eigenvalue weighted by Crippen LogP contribution is 2.20. The normalized spacial score (nSPS) is 11.9. The van der Waals surface area contributed by atoms with Crippen molar-refractivity contribution in [3.05, 3.63) is 21.4 Å². The van der Waals surface area contributed by atoms with Crippen LogP contribution in [-0.2, 0) is 11.3 Å². The molecule has 0 saturated heterocycles. The molecule has 0 radical (unpaired) electrons. The molecule has 0 unspecified atom stereocenters. The van der Waals surface area contributed by atoms with Gasteiger partial charge in [-0.2, -0.15) is 0 Å². The Morgan fingerprint density at radius 3 is 2.58 bits per heavy atom. The molecule has 1 rings (SSSR count). The molecule has 0 fully saturated rings. The Morgan fingerprint density at radius 2 is 2.11 bits per heavy atom. The van der Waals surface area contributed by atoms with Crippen LogP contribution < -0.4 is 10.6 Å². The standard InChI is InChI=1S/C12H18N2O4S/c1-7-5-9(19-8(7)2)6-13-12(18)14-10(3-4-15)11(16)17/h5,10,15H,3-4,6H2,1-2H3,(H,16,17)(H2,13,14,18)/t10-/m0/s1. The van der Waals surface area contributed by atoms with E-state index in [-0.39, 0.29) is 13.0 Å². The number of carbonyl (C=O) groups is 2. The second-order valence-electron chi connectivity index (χ2n) is 4.18. The minimum absolute atomic E-state index is 0.0139. The van der Waals surface area contributed by atoms with Crippen LogP contribution in [0.3, 0.4) is 0 Å². The molecule has 0 aliphatic carbocycles. The number of carbonyl (C=O) groups excluding carboxylic acids is 1. The quantitative estimate of drug-likeness (QED) is 0.627. The van der Waals surface area contributed by atoms with Crippen molar-refractivity contribution < 1.29 is 19.8 Å². The summed E-state index contributed by atoms with van der Waals surface area (Å²) >= 11 is 1.59. The second kappa shape index (κ2) is 7.10. The van der Waals surface area contributed by atoms with Gasteiger partial charge < -0.3 is 20.8 Å². The number of thiophene rings is 1. The van der Waals surface area contributed by atoms with E-state index in [1.807, 2.05) is 19.9 Å².